The van der Waals surface area contributed by atoms with Crippen molar-refractivity contribution in [2.24, 2.45) is 5.92 Å². The Kier molecular flexibility index (Phi) is 7.73. The number of benzene rings is 2. The molecule has 2 aliphatic rings. The zero-order valence-corrected chi connectivity index (χ0v) is 20.2. The molecular weight excluding hydrogens is 444 g/mol. The van der Waals surface area contributed by atoms with Crippen molar-refractivity contribution >= 4 is 18.0 Å². The maximum absolute atomic E-state index is 12.9. The lowest BCUT2D eigenvalue weighted by molar-refractivity contribution is -0.141. The number of carboxylic acid groups (broad SMARTS) is 1. The second kappa shape index (κ2) is 10.9. The average molecular weight is 479 g/mol. The van der Waals surface area contributed by atoms with Crippen LogP contribution >= 0.6 is 0 Å². The molecule has 2 amide bonds. The number of amides is 2. The summed E-state index contributed by atoms with van der Waals surface area (Å²) in [5, 5.41) is 15.0. The number of hydrogen-bond donors (Lipinski definition) is 3. The van der Waals surface area contributed by atoms with Gasteiger partial charge in [0.1, 0.15) is 6.61 Å². The van der Waals surface area contributed by atoms with Gasteiger partial charge in [0.15, 0.2) is 0 Å². The largest absolute Gasteiger partial charge is 0.481 e. The highest BCUT2D eigenvalue weighted by Crippen LogP contribution is 2.44. The fraction of sp³-hybridized carbons (Fsp3) is 0.464. The van der Waals surface area contributed by atoms with Crippen LogP contribution in [0, 0.1) is 5.92 Å². The number of carbonyl (C=O) groups excluding carboxylic acids is 2. The quantitative estimate of drug-likeness (QED) is 0.478. The minimum absolute atomic E-state index is 0.0271. The molecule has 0 bridgehead atoms. The van der Waals surface area contributed by atoms with E-state index < -0.39 is 23.5 Å². The van der Waals surface area contributed by atoms with Crippen LogP contribution in [0.25, 0.3) is 11.1 Å². The summed E-state index contributed by atoms with van der Waals surface area (Å²) in [4.78, 5) is 36.9. The Bertz CT molecular complexity index is 1030. The van der Waals surface area contributed by atoms with Gasteiger partial charge in [0, 0.05) is 18.9 Å². The van der Waals surface area contributed by atoms with Gasteiger partial charge in [-0.05, 0) is 41.5 Å². The van der Waals surface area contributed by atoms with E-state index in [2.05, 4.69) is 34.9 Å². The van der Waals surface area contributed by atoms with E-state index in [4.69, 9.17) is 4.74 Å². The van der Waals surface area contributed by atoms with Crippen molar-refractivity contribution < 1.29 is 24.2 Å². The number of alkyl carbamates (subject to hydrolysis) is 1. The van der Waals surface area contributed by atoms with Gasteiger partial charge < -0.3 is 20.5 Å². The Morgan fingerprint density at radius 3 is 2.17 bits per heavy atom. The van der Waals surface area contributed by atoms with E-state index in [9.17, 15) is 19.5 Å². The highest BCUT2D eigenvalue weighted by molar-refractivity contribution is 5.80. The minimum atomic E-state index is -0.919. The van der Waals surface area contributed by atoms with Gasteiger partial charge in [-0.25, -0.2) is 4.79 Å². The van der Waals surface area contributed by atoms with Gasteiger partial charge in [-0.2, -0.15) is 0 Å². The number of fused-ring (bicyclic) bond motifs is 3. The van der Waals surface area contributed by atoms with E-state index in [1.54, 1.807) is 6.92 Å². The lowest BCUT2D eigenvalue weighted by atomic mass is 9.79. The third kappa shape index (κ3) is 5.66. The van der Waals surface area contributed by atoms with Gasteiger partial charge in [-0.15, -0.1) is 0 Å². The molecule has 2 aliphatic carbocycles. The third-order valence-corrected chi connectivity index (χ3v) is 7.41. The van der Waals surface area contributed by atoms with E-state index in [1.165, 1.54) is 11.1 Å². The first-order chi connectivity index (χ1) is 16.9. The van der Waals surface area contributed by atoms with E-state index in [0.717, 1.165) is 30.4 Å². The molecular formula is C28H34N2O5. The first-order valence-electron chi connectivity index (χ1n) is 12.5. The van der Waals surface area contributed by atoms with E-state index in [1.807, 2.05) is 24.3 Å². The maximum atomic E-state index is 12.9. The number of ether oxygens (including phenoxy) is 1. The Balaban J connectivity index is 1.39. The van der Waals surface area contributed by atoms with Crippen LogP contribution in [0.1, 0.15) is 68.9 Å². The summed E-state index contributed by atoms with van der Waals surface area (Å²) in [5.41, 5.74) is 3.97. The molecule has 7 heteroatoms. The number of carbonyl (C=O) groups is 3. The molecule has 1 atom stereocenters. The first kappa shape index (κ1) is 24.8. The molecule has 2 aromatic carbocycles. The first-order valence-corrected chi connectivity index (χ1v) is 12.5. The van der Waals surface area contributed by atoms with Crippen molar-refractivity contribution in [3.8, 4) is 11.1 Å². The van der Waals surface area contributed by atoms with Crippen molar-refractivity contribution in [2.75, 3.05) is 13.2 Å². The predicted molar refractivity (Wildman–Crippen MR) is 133 cm³/mol. The summed E-state index contributed by atoms with van der Waals surface area (Å²) < 4.78 is 5.74. The van der Waals surface area contributed by atoms with Crippen LogP contribution in [0.3, 0.4) is 0 Å². The fourth-order valence-corrected chi connectivity index (χ4v) is 5.44. The van der Waals surface area contributed by atoms with Gasteiger partial charge in [0.25, 0.3) is 0 Å². The van der Waals surface area contributed by atoms with Crippen LogP contribution in [0.5, 0.6) is 0 Å². The molecule has 1 fully saturated rings. The van der Waals surface area contributed by atoms with Gasteiger partial charge in [0.2, 0.25) is 5.91 Å². The molecule has 4 rings (SSSR count). The van der Waals surface area contributed by atoms with Crippen molar-refractivity contribution in [3.05, 3.63) is 59.7 Å². The Morgan fingerprint density at radius 2 is 1.60 bits per heavy atom. The normalized spacial score (nSPS) is 17.1. The zero-order valence-electron chi connectivity index (χ0n) is 20.2. The summed E-state index contributed by atoms with van der Waals surface area (Å²) in [7, 11) is 0. The molecule has 35 heavy (non-hydrogen) atoms. The molecule has 1 saturated carbocycles. The minimum Gasteiger partial charge on any atom is -0.481 e. The van der Waals surface area contributed by atoms with Crippen molar-refractivity contribution in [3.63, 3.8) is 0 Å². The summed E-state index contributed by atoms with van der Waals surface area (Å²) >= 11 is 0. The third-order valence-electron chi connectivity index (χ3n) is 7.41. The number of aliphatic carboxylic acids is 1. The van der Waals surface area contributed by atoms with Gasteiger partial charge in [-0.1, -0.05) is 74.7 Å². The smallest absolute Gasteiger partial charge is 0.407 e. The Labute approximate surface area is 206 Å². The highest BCUT2D eigenvalue weighted by atomic mass is 16.5. The number of carboxylic acids is 1. The molecule has 0 aromatic heterocycles. The van der Waals surface area contributed by atoms with Crippen LogP contribution in [0.2, 0.25) is 0 Å². The van der Waals surface area contributed by atoms with Crippen molar-refractivity contribution in [1.82, 2.24) is 10.6 Å². The summed E-state index contributed by atoms with van der Waals surface area (Å²) in [6.07, 6.45) is 4.34. The number of hydrogen-bond acceptors (Lipinski definition) is 4. The fourth-order valence-electron chi connectivity index (χ4n) is 5.44. The van der Waals surface area contributed by atoms with E-state index in [0.29, 0.717) is 19.3 Å². The van der Waals surface area contributed by atoms with Crippen molar-refractivity contribution in [2.45, 2.75) is 63.3 Å². The number of rotatable bonds is 9. The van der Waals surface area contributed by atoms with Crippen LogP contribution < -0.4 is 10.6 Å². The molecule has 0 spiro atoms. The highest BCUT2D eigenvalue weighted by Gasteiger charge is 2.37. The van der Waals surface area contributed by atoms with Crippen LogP contribution in [-0.2, 0) is 14.3 Å². The monoisotopic (exact) mass is 478 g/mol. The SMILES string of the molecule is CCC(CNC(=O)CC1(NC(=O)OCC2c3ccccc3-c3ccccc32)CCCCC1)C(=O)O. The summed E-state index contributed by atoms with van der Waals surface area (Å²) in [6.45, 7) is 2.09. The van der Waals surface area contributed by atoms with E-state index >= 15 is 0 Å². The Hall–Kier alpha value is -3.35. The molecule has 0 saturated heterocycles. The van der Waals surface area contributed by atoms with Gasteiger partial charge in [-0.3, -0.25) is 9.59 Å². The molecule has 1 unspecified atom stereocenters. The molecule has 186 valence electrons. The second-order valence-corrected chi connectivity index (χ2v) is 9.72. The molecule has 0 aliphatic heterocycles. The Morgan fingerprint density at radius 1 is 1.00 bits per heavy atom. The van der Waals surface area contributed by atoms with Crippen molar-refractivity contribution in [1.29, 1.82) is 0 Å². The van der Waals surface area contributed by atoms with Crippen LogP contribution in [-0.4, -0.2) is 41.8 Å². The molecule has 0 heterocycles. The molecule has 0 radical (unpaired) electrons. The summed E-state index contributed by atoms with van der Waals surface area (Å²) in [5.74, 6) is -1.81. The number of nitrogens with one attached hydrogen (secondary N) is 2. The molecule has 7 nitrogen and oxygen atoms in total. The molecule has 2 aromatic rings. The lowest BCUT2D eigenvalue weighted by Gasteiger charge is -2.37. The second-order valence-electron chi connectivity index (χ2n) is 9.72. The topological polar surface area (TPSA) is 105 Å². The average Bonchev–Trinajstić information content (AvgIpc) is 3.17. The summed E-state index contributed by atoms with van der Waals surface area (Å²) in [6, 6.07) is 16.4. The van der Waals surface area contributed by atoms with Gasteiger partial charge in [0.05, 0.1) is 11.5 Å². The predicted octanol–water partition coefficient (Wildman–Crippen LogP) is 4.85. The van der Waals surface area contributed by atoms with Crippen LogP contribution in [0.4, 0.5) is 4.79 Å². The zero-order chi connectivity index (χ0) is 24.8. The standard InChI is InChI=1S/C28H34N2O5/c1-2-19(26(32)33)17-29-25(31)16-28(14-8-3-9-15-28)30-27(34)35-18-24-22-12-6-4-10-20(22)21-11-5-7-13-23(21)24/h4-7,10-13,19,24H,2-3,8-9,14-18H2,1H3,(H,29,31)(H,30,34)(H,32,33). The van der Waals surface area contributed by atoms with Gasteiger partial charge >= 0.3 is 12.1 Å². The molecule has 3 N–H and O–H groups in total. The van der Waals surface area contributed by atoms with E-state index in [-0.39, 0.29) is 31.4 Å². The maximum Gasteiger partial charge on any atom is 0.407 e. The lowest BCUT2D eigenvalue weighted by Crippen LogP contribution is -2.53. The van der Waals surface area contributed by atoms with Crippen LogP contribution in [0.15, 0.2) is 48.5 Å².